The van der Waals surface area contributed by atoms with Gasteiger partial charge in [-0.2, -0.15) is 0 Å². The van der Waals surface area contributed by atoms with Crippen LogP contribution in [0.25, 0.3) is 0 Å². The lowest BCUT2D eigenvalue weighted by Crippen LogP contribution is -2.33. The van der Waals surface area contributed by atoms with Crippen molar-refractivity contribution in [2.45, 2.75) is 42.6 Å². The second-order valence-electron chi connectivity index (χ2n) is 4.79. The van der Waals surface area contributed by atoms with Gasteiger partial charge < -0.3 is 9.47 Å². The molecule has 15 heavy (non-hydrogen) atoms. The molecule has 2 rings (SSSR count). The first-order chi connectivity index (χ1) is 6.99. The third kappa shape index (κ3) is 2.43. The summed E-state index contributed by atoms with van der Waals surface area (Å²) in [7, 11) is 0. The van der Waals surface area contributed by atoms with E-state index in [1.165, 1.54) is 19.3 Å². The van der Waals surface area contributed by atoms with Crippen molar-refractivity contribution in [1.82, 2.24) is 0 Å². The molecular weight excluding hydrogens is 324 g/mol. The fourth-order valence-electron chi connectivity index (χ4n) is 2.54. The average molecular weight is 342 g/mol. The molecule has 2 fully saturated rings. The summed E-state index contributed by atoms with van der Waals surface area (Å²) < 4.78 is 11.2. The molecule has 0 aromatic heterocycles. The summed E-state index contributed by atoms with van der Waals surface area (Å²) in [6.07, 6.45) is 3.77. The Balaban J connectivity index is 1.61. The second kappa shape index (κ2) is 4.28. The van der Waals surface area contributed by atoms with E-state index in [1.54, 1.807) is 0 Å². The molecular formula is C11H18Br2O2. The van der Waals surface area contributed by atoms with Crippen molar-refractivity contribution in [2.24, 2.45) is 11.3 Å². The molecule has 0 unspecified atom stereocenters. The topological polar surface area (TPSA) is 18.5 Å². The molecule has 0 aliphatic heterocycles. The smallest absolute Gasteiger partial charge is 0.154 e. The van der Waals surface area contributed by atoms with Crippen molar-refractivity contribution < 1.29 is 9.47 Å². The number of hydrogen-bond donors (Lipinski definition) is 0. The molecule has 2 nitrogen and oxygen atoms in total. The van der Waals surface area contributed by atoms with Gasteiger partial charge in [0.2, 0.25) is 0 Å². The van der Waals surface area contributed by atoms with E-state index in [0.717, 1.165) is 19.1 Å². The van der Waals surface area contributed by atoms with Gasteiger partial charge in [0.25, 0.3) is 0 Å². The van der Waals surface area contributed by atoms with Crippen molar-refractivity contribution >= 4 is 31.9 Å². The first-order valence-corrected chi connectivity index (χ1v) is 7.19. The third-order valence-corrected chi connectivity index (χ3v) is 5.78. The van der Waals surface area contributed by atoms with Crippen LogP contribution in [0.5, 0.6) is 0 Å². The van der Waals surface area contributed by atoms with Crippen LogP contribution >= 0.6 is 31.9 Å². The fraction of sp³-hybridized carbons (Fsp3) is 1.00. The molecule has 0 bridgehead atoms. The minimum absolute atomic E-state index is 0.0524. The molecule has 0 radical (unpaired) electrons. The predicted octanol–water partition coefficient (Wildman–Crippen LogP) is 3.67. The SMILES string of the molecule is CCO[C@H](C)OCC1CC2(C1)CC2(Br)Br. The van der Waals surface area contributed by atoms with Crippen LogP contribution < -0.4 is 0 Å². The average Bonchev–Trinajstić information content (AvgIpc) is 2.64. The number of ether oxygens (including phenoxy) is 2. The van der Waals surface area contributed by atoms with E-state index in [0.29, 0.717) is 5.41 Å². The Bertz CT molecular complexity index is 237. The summed E-state index contributed by atoms with van der Waals surface area (Å²) >= 11 is 7.41. The quantitative estimate of drug-likeness (QED) is 0.561. The third-order valence-electron chi connectivity index (χ3n) is 3.54. The summed E-state index contributed by atoms with van der Waals surface area (Å²) in [4.78, 5) is 0. The molecule has 4 heteroatoms. The minimum Gasteiger partial charge on any atom is -0.353 e. The van der Waals surface area contributed by atoms with Gasteiger partial charge in [0.1, 0.15) is 0 Å². The summed E-state index contributed by atoms with van der Waals surface area (Å²) in [5.74, 6) is 0.727. The normalized spacial score (nSPS) is 38.8. The van der Waals surface area contributed by atoms with Crippen LogP contribution in [0, 0.1) is 11.3 Å². The molecule has 2 aliphatic rings. The highest BCUT2D eigenvalue weighted by molar-refractivity contribution is 9.25. The van der Waals surface area contributed by atoms with E-state index < -0.39 is 0 Å². The van der Waals surface area contributed by atoms with Crippen molar-refractivity contribution in [3.63, 3.8) is 0 Å². The number of halogens is 2. The van der Waals surface area contributed by atoms with E-state index in [4.69, 9.17) is 9.47 Å². The lowest BCUT2D eigenvalue weighted by Gasteiger charge is -2.37. The van der Waals surface area contributed by atoms with Gasteiger partial charge >= 0.3 is 0 Å². The summed E-state index contributed by atoms with van der Waals surface area (Å²) in [6.45, 7) is 5.53. The Morgan fingerprint density at radius 3 is 2.40 bits per heavy atom. The Hall–Kier alpha value is 0.880. The Kier molecular flexibility index (Phi) is 3.52. The largest absolute Gasteiger partial charge is 0.353 e. The van der Waals surface area contributed by atoms with Gasteiger partial charge in [-0.05, 0) is 44.4 Å². The van der Waals surface area contributed by atoms with Crippen LogP contribution in [0.2, 0.25) is 0 Å². The molecule has 2 saturated carbocycles. The van der Waals surface area contributed by atoms with Crippen molar-refractivity contribution in [3.8, 4) is 0 Å². The lowest BCUT2D eigenvalue weighted by atomic mass is 9.72. The highest BCUT2D eigenvalue weighted by Crippen LogP contribution is 2.76. The predicted molar refractivity (Wildman–Crippen MR) is 67.4 cm³/mol. The van der Waals surface area contributed by atoms with Crippen molar-refractivity contribution in [1.29, 1.82) is 0 Å². The molecule has 0 aromatic carbocycles. The Morgan fingerprint density at radius 1 is 1.33 bits per heavy atom. The molecule has 1 atom stereocenters. The van der Waals surface area contributed by atoms with Gasteiger partial charge in [-0.25, -0.2) is 0 Å². The molecule has 0 aromatic rings. The molecule has 0 saturated heterocycles. The maximum atomic E-state index is 5.62. The van der Waals surface area contributed by atoms with E-state index in [9.17, 15) is 0 Å². The van der Waals surface area contributed by atoms with Crippen LogP contribution in [0.3, 0.4) is 0 Å². The van der Waals surface area contributed by atoms with E-state index in [2.05, 4.69) is 31.9 Å². The molecule has 88 valence electrons. The minimum atomic E-state index is -0.0524. The zero-order valence-electron chi connectivity index (χ0n) is 9.26. The maximum absolute atomic E-state index is 5.62. The number of rotatable bonds is 5. The van der Waals surface area contributed by atoms with Gasteiger partial charge in [-0.1, -0.05) is 31.9 Å². The van der Waals surface area contributed by atoms with Gasteiger partial charge in [-0.3, -0.25) is 0 Å². The zero-order valence-corrected chi connectivity index (χ0v) is 12.4. The van der Waals surface area contributed by atoms with Crippen molar-refractivity contribution in [3.05, 3.63) is 0 Å². The Labute approximate surface area is 108 Å². The van der Waals surface area contributed by atoms with Crippen molar-refractivity contribution in [2.75, 3.05) is 13.2 Å². The monoisotopic (exact) mass is 340 g/mol. The standard InChI is InChI=1S/C11H18Br2O2/c1-3-14-8(2)15-6-9-4-10(5-9)7-11(10,12)13/h8-9H,3-7H2,1-2H3/t8-,9?,10?/m0/s1. The van der Waals surface area contributed by atoms with Crippen LogP contribution in [0.15, 0.2) is 0 Å². The maximum Gasteiger partial charge on any atom is 0.154 e. The van der Waals surface area contributed by atoms with Crippen LogP contribution in [0.4, 0.5) is 0 Å². The number of hydrogen-bond acceptors (Lipinski definition) is 2. The van der Waals surface area contributed by atoms with E-state index in [1.807, 2.05) is 13.8 Å². The summed E-state index contributed by atoms with van der Waals surface area (Å²) in [5.41, 5.74) is 0.538. The Morgan fingerprint density at radius 2 is 1.93 bits per heavy atom. The molecule has 2 aliphatic carbocycles. The number of alkyl halides is 2. The van der Waals surface area contributed by atoms with E-state index >= 15 is 0 Å². The van der Waals surface area contributed by atoms with Gasteiger partial charge in [0.05, 0.1) is 9.84 Å². The van der Waals surface area contributed by atoms with Gasteiger partial charge in [0.15, 0.2) is 6.29 Å². The molecule has 1 spiro atoms. The van der Waals surface area contributed by atoms with Crippen LogP contribution in [-0.2, 0) is 9.47 Å². The molecule has 0 amide bonds. The van der Waals surface area contributed by atoms with E-state index in [-0.39, 0.29) is 9.52 Å². The molecule has 0 heterocycles. The first kappa shape index (κ1) is 12.3. The highest BCUT2D eigenvalue weighted by Gasteiger charge is 2.70. The van der Waals surface area contributed by atoms with Gasteiger partial charge in [-0.15, -0.1) is 0 Å². The lowest BCUT2D eigenvalue weighted by molar-refractivity contribution is -0.144. The highest BCUT2D eigenvalue weighted by atomic mass is 79.9. The zero-order chi connectivity index (χ0) is 11.1. The summed E-state index contributed by atoms with van der Waals surface area (Å²) in [6, 6.07) is 0. The van der Waals surface area contributed by atoms with Crippen LogP contribution in [-0.4, -0.2) is 22.7 Å². The second-order valence-corrected chi connectivity index (χ2v) is 8.56. The summed E-state index contributed by atoms with van der Waals surface area (Å²) in [5, 5.41) is 0. The van der Waals surface area contributed by atoms with Gasteiger partial charge in [0, 0.05) is 6.61 Å². The van der Waals surface area contributed by atoms with Crippen LogP contribution in [0.1, 0.15) is 33.1 Å². The fourth-order valence-corrected chi connectivity index (χ4v) is 4.26. The first-order valence-electron chi connectivity index (χ1n) is 5.60. The molecule has 0 N–H and O–H groups in total.